The van der Waals surface area contributed by atoms with Crippen LogP contribution in [0.2, 0.25) is 0 Å². The molecular formula is C15H10N4O5S. The third-order valence-corrected chi connectivity index (χ3v) is 4.29. The molecule has 0 aliphatic carbocycles. The van der Waals surface area contributed by atoms with Crippen LogP contribution in [0.15, 0.2) is 36.4 Å². The number of nitro groups is 2. The van der Waals surface area contributed by atoms with Gasteiger partial charge in [-0.1, -0.05) is 11.3 Å². The molecule has 0 aliphatic rings. The number of anilines is 1. The number of rotatable bonds is 4. The van der Waals surface area contributed by atoms with Crippen molar-refractivity contribution in [2.45, 2.75) is 6.92 Å². The molecule has 1 amide bonds. The van der Waals surface area contributed by atoms with Crippen LogP contribution in [0.3, 0.4) is 0 Å². The molecule has 0 radical (unpaired) electrons. The largest absolute Gasteiger partial charge is 0.298 e. The van der Waals surface area contributed by atoms with Gasteiger partial charge >= 0.3 is 0 Å². The van der Waals surface area contributed by atoms with E-state index in [1.165, 1.54) is 30.3 Å². The Bertz CT molecular complexity index is 1010. The number of non-ortho nitro benzene ring substituents is 2. The Labute approximate surface area is 144 Å². The van der Waals surface area contributed by atoms with E-state index in [-0.39, 0.29) is 27.6 Å². The van der Waals surface area contributed by atoms with Gasteiger partial charge < -0.3 is 0 Å². The van der Waals surface area contributed by atoms with Crippen molar-refractivity contribution in [3.63, 3.8) is 0 Å². The number of nitrogens with one attached hydrogen (secondary N) is 1. The summed E-state index contributed by atoms with van der Waals surface area (Å²) in [5.74, 6) is -0.506. The summed E-state index contributed by atoms with van der Waals surface area (Å²) in [6.07, 6.45) is 0. The number of fused-ring (bicyclic) bond motifs is 1. The SMILES string of the molecule is Cc1cc([N+](=O)[O-])c2nc(NC(=O)c3ccc([N+](=O)[O-])cc3)sc2c1. The number of carbonyl (C=O) groups excluding carboxylic acids is 1. The van der Waals surface area contributed by atoms with Crippen molar-refractivity contribution >= 4 is 44.0 Å². The lowest BCUT2D eigenvalue weighted by Crippen LogP contribution is -2.11. The minimum absolute atomic E-state index is 0.123. The standard InChI is InChI=1S/C15H10N4O5S/c1-8-6-11(19(23)24)13-12(7-8)25-15(16-13)17-14(20)9-2-4-10(5-3-9)18(21)22/h2-7H,1H3,(H,16,17,20). The Kier molecular flexibility index (Phi) is 4.11. The number of aryl methyl sites for hydroxylation is 1. The molecule has 0 spiro atoms. The van der Waals surface area contributed by atoms with Crippen LogP contribution < -0.4 is 5.32 Å². The second-order valence-corrected chi connectivity index (χ2v) is 6.20. The number of benzene rings is 2. The maximum atomic E-state index is 12.2. The fourth-order valence-electron chi connectivity index (χ4n) is 2.24. The zero-order chi connectivity index (χ0) is 18.1. The predicted octanol–water partition coefficient (Wildman–Crippen LogP) is 3.67. The number of aromatic nitrogens is 1. The zero-order valence-corrected chi connectivity index (χ0v) is 13.6. The van der Waals surface area contributed by atoms with Crippen LogP contribution in [0.25, 0.3) is 10.2 Å². The molecule has 0 unspecified atom stereocenters. The summed E-state index contributed by atoms with van der Waals surface area (Å²) in [4.78, 5) is 37.0. The average Bonchev–Trinajstić information content (AvgIpc) is 2.95. The zero-order valence-electron chi connectivity index (χ0n) is 12.8. The second-order valence-electron chi connectivity index (χ2n) is 5.17. The fourth-order valence-corrected chi connectivity index (χ4v) is 3.22. The number of carbonyl (C=O) groups is 1. The Balaban J connectivity index is 1.90. The van der Waals surface area contributed by atoms with E-state index >= 15 is 0 Å². The summed E-state index contributed by atoms with van der Waals surface area (Å²) in [6.45, 7) is 1.74. The van der Waals surface area contributed by atoms with Crippen LogP contribution in [0.4, 0.5) is 16.5 Å². The highest BCUT2D eigenvalue weighted by molar-refractivity contribution is 7.22. The number of nitro benzene ring substituents is 2. The molecule has 3 rings (SSSR count). The van der Waals surface area contributed by atoms with E-state index in [9.17, 15) is 25.0 Å². The van der Waals surface area contributed by atoms with Crippen molar-refractivity contribution in [2.24, 2.45) is 0 Å². The van der Waals surface area contributed by atoms with E-state index < -0.39 is 15.8 Å². The van der Waals surface area contributed by atoms with Crippen molar-refractivity contribution in [1.29, 1.82) is 0 Å². The average molecular weight is 358 g/mol. The molecule has 2 aromatic carbocycles. The van der Waals surface area contributed by atoms with Crippen molar-refractivity contribution in [3.8, 4) is 0 Å². The summed E-state index contributed by atoms with van der Waals surface area (Å²) in [6, 6.07) is 8.27. The van der Waals surface area contributed by atoms with Crippen LogP contribution in [-0.2, 0) is 0 Å². The molecule has 0 saturated carbocycles. The van der Waals surface area contributed by atoms with Gasteiger partial charge in [-0.05, 0) is 30.7 Å². The van der Waals surface area contributed by atoms with E-state index in [0.717, 1.165) is 16.9 Å². The predicted molar refractivity (Wildman–Crippen MR) is 92.1 cm³/mol. The molecule has 10 heteroatoms. The van der Waals surface area contributed by atoms with Crippen LogP contribution in [0.1, 0.15) is 15.9 Å². The number of amides is 1. The van der Waals surface area contributed by atoms with Gasteiger partial charge in [-0.25, -0.2) is 4.98 Å². The van der Waals surface area contributed by atoms with E-state index in [0.29, 0.717) is 4.70 Å². The first-order valence-corrected chi connectivity index (χ1v) is 7.78. The Hall–Kier alpha value is -3.40. The molecule has 0 aliphatic heterocycles. The molecule has 1 aromatic heterocycles. The van der Waals surface area contributed by atoms with E-state index in [2.05, 4.69) is 10.3 Å². The molecule has 1 heterocycles. The van der Waals surface area contributed by atoms with E-state index in [1.807, 2.05) is 0 Å². The summed E-state index contributed by atoms with van der Waals surface area (Å²) >= 11 is 1.12. The molecular weight excluding hydrogens is 348 g/mol. The molecule has 0 bridgehead atoms. The summed E-state index contributed by atoms with van der Waals surface area (Å²) in [7, 11) is 0. The Morgan fingerprint density at radius 3 is 2.40 bits per heavy atom. The highest BCUT2D eigenvalue weighted by Crippen LogP contribution is 2.33. The molecule has 0 fully saturated rings. The van der Waals surface area contributed by atoms with Gasteiger partial charge in [-0.3, -0.25) is 30.3 Å². The van der Waals surface area contributed by atoms with Crippen LogP contribution in [0, 0.1) is 27.2 Å². The normalized spacial score (nSPS) is 10.6. The minimum atomic E-state index is -0.559. The number of nitrogens with zero attached hydrogens (tertiary/aromatic N) is 3. The van der Waals surface area contributed by atoms with Gasteiger partial charge in [0.15, 0.2) is 10.6 Å². The van der Waals surface area contributed by atoms with Gasteiger partial charge in [-0.2, -0.15) is 0 Å². The lowest BCUT2D eigenvalue weighted by atomic mass is 10.2. The fraction of sp³-hybridized carbons (Fsp3) is 0.0667. The minimum Gasteiger partial charge on any atom is -0.298 e. The third-order valence-electron chi connectivity index (χ3n) is 3.38. The molecule has 0 saturated heterocycles. The Morgan fingerprint density at radius 2 is 1.80 bits per heavy atom. The summed E-state index contributed by atoms with van der Waals surface area (Å²) in [5, 5.41) is 24.5. The number of hydrogen-bond acceptors (Lipinski definition) is 7. The van der Waals surface area contributed by atoms with Crippen molar-refractivity contribution in [3.05, 3.63) is 67.8 Å². The lowest BCUT2D eigenvalue weighted by molar-refractivity contribution is -0.384. The van der Waals surface area contributed by atoms with Gasteiger partial charge in [-0.15, -0.1) is 0 Å². The first-order chi connectivity index (χ1) is 11.8. The maximum Gasteiger partial charge on any atom is 0.296 e. The smallest absolute Gasteiger partial charge is 0.296 e. The van der Waals surface area contributed by atoms with Gasteiger partial charge in [0.05, 0.1) is 14.5 Å². The van der Waals surface area contributed by atoms with Gasteiger partial charge in [0.1, 0.15) is 0 Å². The topological polar surface area (TPSA) is 128 Å². The number of hydrogen-bond donors (Lipinski definition) is 1. The highest BCUT2D eigenvalue weighted by Gasteiger charge is 2.19. The molecule has 0 atom stereocenters. The van der Waals surface area contributed by atoms with Crippen molar-refractivity contribution < 1.29 is 14.6 Å². The first-order valence-electron chi connectivity index (χ1n) is 6.96. The maximum absolute atomic E-state index is 12.2. The van der Waals surface area contributed by atoms with Gasteiger partial charge in [0, 0.05) is 23.8 Å². The Morgan fingerprint density at radius 1 is 1.12 bits per heavy atom. The molecule has 9 nitrogen and oxygen atoms in total. The van der Waals surface area contributed by atoms with Crippen molar-refractivity contribution in [1.82, 2.24) is 4.98 Å². The van der Waals surface area contributed by atoms with Crippen LogP contribution in [0.5, 0.6) is 0 Å². The molecule has 25 heavy (non-hydrogen) atoms. The van der Waals surface area contributed by atoms with Gasteiger partial charge in [0.25, 0.3) is 17.3 Å². The molecule has 126 valence electrons. The summed E-state index contributed by atoms with van der Waals surface area (Å²) in [5.41, 5.74) is 0.899. The number of thiazole rings is 1. The van der Waals surface area contributed by atoms with Gasteiger partial charge in [0.2, 0.25) is 0 Å². The third kappa shape index (κ3) is 3.28. The van der Waals surface area contributed by atoms with E-state index in [4.69, 9.17) is 0 Å². The summed E-state index contributed by atoms with van der Waals surface area (Å²) < 4.78 is 0.589. The molecule has 1 N–H and O–H groups in total. The quantitative estimate of drug-likeness (QED) is 0.559. The monoisotopic (exact) mass is 358 g/mol. The first kappa shape index (κ1) is 16.5. The highest BCUT2D eigenvalue weighted by atomic mass is 32.1. The van der Waals surface area contributed by atoms with E-state index in [1.54, 1.807) is 13.0 Å². The molecule has 3 aromatic rings. The van der Waals surface area contributed by atoms with Crippen LogP contribution in [-0.4, -0.2) is 20.7 Å². The lowest BCUT2D eigenvalue weighted by Gasteiger charge is -2.00. The second kappa shape index (κ2) is 6.24. The van der Waals surface area contributed by atoms with Crippen molar-refractivity contribution in [2.75, 3.05) is 5.32 Å². The van der Waals surface area contributed by atoms with Crippen LogP contribution >= 0.6 is 11.3 Å².